The van der Waals surface area contributed by atoms with Gasteiger partial charge in [0.2, 0.25) is 0 Å². The second kappa shape index (κ2) is 9.09. The number of likely N-dealkylation sites (N-methyl/N-ethyl adjacent to an activating group) is 1. The summed E-state index contributed by atoms with van der Waals surface area (Å²) >= 11 is 1.40. The SMILES string of the molecule is CNC(C)CNC(=O)c1sc(-c2cnn(C)c2)nc1C.Cl.Cl. The fourth-order valence-corrected chi connectivity index (χ4v) is 2.65. The predicted molar refractivity (Wildman–Crippen MR) is 94.4 cm³/mol. The minimum atomic E-state index is -0.0720. The van der Waals surface area contributed by atoms with Gasteiger partial charge >= 0.3 is 0 Å². The van der Waals surface area contributed by atoms with Gasteiger partial charge in [-0.25, -0.2) is 4.98 Å². The van der Waals surface area contributed by atoms with E-state index in [1.807, 2.05) is 34.1 Å². The van der Waals surface area contributed by atoms with Crippen molar-refractivity contribution in [2.45, 2.75) is 19.9 Å². The van der Waals surface area contributed by atoms with Crippen LogP contribution in [0.4, 0.5) is 0 Å². The van der Waals surface area contributed by atoms with Gasteiger partial charge in [-0.15, -0.1) is 36.2 Å². The summed E-state index contributed by atoms with van der Waals surface area (Å²) < 4.78 is 1.72. The van der Waals surface area contributed by atoms with Crippen LogP contribution in [0.1, 0.15) is 22.3 Å². The number of halogens is 2. The van der Waals surface area contributed by atoms with Gasteiger partial charge in [0.05, 0.1) is 11.9 Å². The van der Waals surface area contributed by atoms with Gasteiger partial charge in [0, 0.05) is 31.4 Å². The molecule has 124 valence electrons. The third-order valence-corrected chi connectivity index (χ3v) is 4.22. The highest BCUT2D eigenvalue weighted by Gasteiger charge is 2.17. The number of nitrogens with one attached hydrogen (secondary N) is 2. The highest BCUT2D eigenvalue weighted by atomic mass is 35.5. The van der Waals surface area contributed by atoms with Crippen molar-refractivity contribution in [2.24, 2.45) is 7.05 Å². The molecule has 1 atom stereocenters. The Balaban J connectivity index is 0.00000220. The second-order valence-corrected chi connectivity index (χ2v) is 5.74. The molecule has 0 aliphatic carbocycles. The molecule has 1 unspecified atom stereocenters. The Morgan fingerprint density at radius 3 is 2.68 bits per heavy atom. The van der Waals surface area contributed by atoms with E-state index in [4.69, 9.17) is 0 Å². The maximum Gasteiger partial charge on any atom is 0.263 e. The molecule has 2 aromatic rings. The van der Waals surface area contributed by atoms with Crippen molar-refractivity contribution in [1.29, 1.82) is 0 Å². The van der Waals surface area contributed by atoms with Crippen molar-refractivity contribution >= 4 is 42.1 Å². The van der Waals surface area contributed by atoms with E-state index in [2.05, 4.69) is 20.7 Å². The van der Waals surface area contributed by atoms with E-state index in [9.17, 15) is 4.79 Å². The van der Waals surface area contributed by atoms with Crippen LogP contribution < -0.4 is 10.6 Å². The minimum Gasteiger partial charge on any atom is -0.350 e. The Morgan fingerprint density at radius 1 is 1.45 bits per heavy atom. The normalized spacial score (nSPS) is 11.3. The summed E-state index contributed by atoms with van der Waals surface area (Å²) in [5.41, 5.74) is 1.69. The molecule has 22 heavy (non-hydrogen) atoms. The zero-order valence-corrected chi connectivity index (χ0v) is 15.4. The average molecular weight is 366 g/mol. The summed E-state index contributed by atoms with van der Waals surface area (Å²) in [5.74, 6) is -0.0720. The smallest absolute Gasteiger partial charge is 0.263 e. The summed E-state index contributed by atoms with van der Waals surface area (Å²) in [5, 5.41) is 10.9. The highest BCUT2D eigenvalue weighted by molar-refractivity contribution is 7.17. The molecule has 0 saturated heterocycles. The van der Waals surface area contributed by atoms with Gasteiger partial charge in [-0.1, -0.05) is 0 Å². The van der Waals surface area contributed by atoms with Gasteiger partial charge in [-0.05, 0) is 20.9 Å². The van der Waals surface area contributed by atoms with E-state index >= 15 is 0 Å². The third-order valence-electron chi connectivity index (χ3n) is 3.02. The lowest BCUT2D eigenvalue weighted by molar-refractivity contribution is 0.0954. The van der Waals surface area contributed by atoms with E-state index in [1.54, 1.807) is 10.9 Å². The van der Waals surface area contributed by atoms with Crippen LogP contribution in [0, 0.1) is 6.92 Å². The van der Waals surface area contributed by atoms with E-state index < -0.39 is 0 Å². The van der Waals surface area contributed by atoms with Crippen LogP contribution in [0.3, 0.4) is 0 Å². The van der Waals surface area contributed by atoms with Crippen LogP contribution in [0.25, 0.3) is 10.6 Å². The molecular formula is C13H21Cl2N5OS. The molecule has 9 heteroatoms. The van der Waals surface area contributed by atoms with E-state index in [1.165, 1.54) is 11.3 Å². The van der Waals surface area contributed by atoms with Crippen molar-refractivity contribution in [1.82, 2.24) is 25.4 Å². The van der Waals surface area contributed by atoms with Gasteiger partial charge < -0.3 is 10.6 Å². The Morgan fingerprint density at radius 2 is 2.14 bits per heavy atom. The second-order valence-electron chi connectivity index (χ2n) is 4.74. The summed E-state index contributed by atoms with van der Waals surface area (Å²) in [6.45, 7) is 4.46. The maximum absolute atomic E-state index is 12.1. The quantitative estimate of drug-likeness (QED) is 0.850. The maximum atomic E-state index is 12.1. The first kappa shape index (κ1) is 20.9. The Kier molecular flexibility index (Phi) is 8.62. The molecule has 0 radical (unpaired) electrons. The van der Waals surface area contributed by atoms with Crippen molar-refractivity contribution in [3.05, 3.63) is 23.0 Å². The molecule has 0 aliphatic rings. The van der Waals surface area contributed by atoms with E-state index in [0.717, 1.165) is 16.3 Å². The molecule has 0 aromatic carbocycles. The number of carbonyl (C=O) groups is 1. The first-order valence-electron chi connectivity index (χ1n) is 6.43. The number of carbonyl (C=O) groups excluding carboxylic acids is 1. The first-order chi connectivity index (χ1) is 9.51. The van der Waals surface area contributed by atoms with Gasteiger partial charge in [-0.3, -0.25) is 9.48 Å². The van der Waals surface area contributed by atoms with E-state index in [0.29, 0.717) is 11.4 Å². The Hall–Kier alpha value is -1.15. The number of rotatable bonds is 5. The molecule has 0 bridgehead atoms. The van der Waals surface area contributed by atoms with Crippen LogP contribution in [0.2, 0.25) is 0 Å². The monoisotopic (exact) mass is 365 g/mol. The van der Waals surface area contributed by atoms with Crippen LogP contribution >= 0.6 is 36.2 Å². The van der Waals surface area contributed by atoms with Crippen molar-refractivity contribution in [3.63, 3.8) is 0 Å². The topological polar surface area (TPSA) is 71.8 Å². The van der Waals surface area contributed by atoms with Gasteiger partial charge in [-0.2, -0.15) is 5.10 Å². The number of aryl methyl sites for hydroxylation is 2. The Labute approximate surface area is 146 Å². The molecular weight excluding hydrogens is 345 g/mol. The zero-order chi connectivity index (χ0) is 14.7. The molecule has 0 spiro atoms. The molecule has 2 rings (SSSR count). The molecule has 2 N–H and O–H groups in total. The van der Waals surface area contributed by atoms with Crippen molar-refractivity contribution in [2.75, 3.05) is 13.6 Å². The van der Waals surface area contributed by atoms with Gasteiger partial charge in [0.1, 0.15) is 9.88 Å². The largest absolute Gasteiger partial charge is 0.350 e. The number of amides is 1. The van der Waals surface area contributed by atoms with Crippen molar-refractivity contribution < 1.29 is 4.79 Å². The molecule has 6 nitrogen and oxygen atoms in total. The summed E-state index contributed by atoms with van der Waals surface area (Å²) in [6.07, 6.45) is 3.64. The standard InChI is InChI=1S/C13H19N5OS.2ClH/c1-8(14-3)5-15-12(19)11-9(2)17-13(20-11)10-6-16-18(4)7-10;;/h6-8,14H,5H2,1-4H3,(H,15,19);2*1H. The van der Waals surface area contributed by atoms with Crippen LogP contribution in [-0.4, -0.2) is 40.3 Å². The average Bonchev–Trinajstić information content (AvgIpc) is 3.01. The van der Waals surface area contributed by atoms with E-state index in [-0.39, 0.29) is 36.8 Å². The summed E-state index contributed by atoms with van der Waals surface area (Å²) in [4.78, 5) is 17.3. The molecule has 0 saturated carbocycles. The van der Waals surface area contributed by atoms with Crippen LogP contribution in [0.15, 0.2) is 12.4 Å². The minimum absolute atomic E-state index is 0. The highest BCUT2D eigenvalue weighted by Crippen LogP contribution is 2.27. The number of nitrogens with zero attached hydrogens (tertiary/aromatic N) is 3. The molecule has 0 fully saturated rings. The lowest BCUT2D eigenvalue weighted by Crippen LogP contribution is -2.37. The van der Waals surface area contributed by atoms with Crippen molar-refractivity contribution in [3.8, 4) is 10.6 Å². The first-order valence-corrected chi connectivity index (χ1v) is 7.24. The Bertz CT molecular complexity index is 613. The molecule has 0 aliphatic heterocycles. The number of hydrogen-bond donors (Lipinski definition) is 2. The molecule has 2 heterocycles. The van der Waals surface area contributed by atoms with Gasteiger partial charge in [0.25, 0.3) is 5.91 Å². The zero-order valence-electron chi connectivity index (χ0n) is 12.9. The van der Waals surface area contributed by atoms with Crippen LogP contribution in [-0.2, 0) is 7.05 Å². The fourth-order valence-electron chi connectivity index (χ4n) is 1.69. The summed E-state index contributed by atoms with van der Waals surface area (Å²) in [7, 11) is 3.73. The number of thiazole rings is 1. The van der Waals surface area contributed by atoms with Gasteiger partial charge in [0.15, 0.2) is 0 Å². The third kappa shape index (κ3) is 4.95. The molecule has 2 aromatic heterocycles. The summed E-state index contributed by atoms with van der Waals surface area (Å²) in [6, 6.07) is 0.241. The number of hydrogen-bond acceptors (Lipinski definition) is 5. The predicted octanol–water partition coefficient (Wildman–Crippen LogP) is 2.03. The molecule has 1 amide bonds. The number of aromatic nitrogens is 3. The van der Waals surface area contributed by atoms with Crippen LogP contribution in [0.5, 0.6) is 0 Å². The lowest BCUT2D eigenvalue weighted by Gasteiger charge is -2.10. The fraction of sp³-hybridized carbons (Fsp3) is 0.462. The lowest BCUT2D eigenvalue weighted by atomic mass is 10.3.